The van der Waals surface area contributed by atoms with Gasteiger partial charge in [0.1, 0.15) is 0 Å². The molecule has 10 heavy (non-hydrogen) atoms. The molecule has 0 spiro atoms. The summed E-state index contributed by atoms with van der Waals surface area (Å²) < 4.78 is 1.14. The lowest BCUT2D eigenvalue weighted by Gasteiger charge is -1.95. The van der Waals surface area contributed by atoms with E-state index in [2.05, 4.69) is 33.1 Å². The molecular weight excluding hydrogens is 190 g/mol. The largest absolute Gasteiger partial charge is 0.288 e. The van der Waals surface area contributed by atoms with Crippen LogP contribution < -0.4 is 0 Å². The molecule has 1 aliphatic rings. The first kappa shape index (κ1) is 6.10. The summed E-state index contributed by atoms with van der Waals surface area (Å²) in [7, 11) is 0. The highest BCUT2D eigenvalue weighted by Crippen LogP contribution is 2.19. The number of nitrogens with zero attached hydrogens (tertiary/aromatic N) is 1. The Morgan fingerprint density at radius 1 is 1.40 bits per heavy atom. The van der Waals surface area contributed by atoms with Crippen molar-refractivity contribution in [2.24, 2.45) is 4.99 Å². The summed E-state index contributed by atoms with van der Waals surface area (Å²) in [5.74, 6) is 0. The molecule has 0 saturated carbocycles. The van der Waals surface area contributed by atoms with Gasteiger partial charge < -0.3 is 0 Å². The molecule has 0 atom stereocenters. The van der Waals surface area contributed by atoms with Crippen molar-refractivity contribution < 1.29 is 0 Å². The summed E-state index contributed by atoms with van der Waals surface area (Å²) in [6, 6.07) is 6.23. The van der Waals surface area contributed by atoms with E-state index in [0.717, 1.165) is 11.0 Å². The molecule has 0 N–H and O–H groups in total. The lowest BCUT2D eigenvalue weighted by molar-refractivity contribution is 1.11. The highest BCUT2D eigenvalue weighted by molar-refractivity contribution is 9.10. The van der Waals surface area contributed by atoms with Crippen molar-refractivity contribution in [3.8, 4) is 0 Å². The number of fused-ring (bicyclic) bond motifs is 1. The van der Waals surface area contributed by atoms with Crippen molar-refractivity contribution in [3.63, 3.8) is 0 Å². The van der Waals surface area contributed by atoms with Crippen LogP contribution in [0.25, 0.3) is 0 Å². The first-order valence-electron chi connectivity index (χ1n) is 3.14. The van der Waals surface area contributed by atoms with Crippen LogP contribution in [0.3, 0.4) is 0 Å². The first-order valence-corrected chi connectivity index (χ1v) is 3.94. The predicted octanol–water partition coefficient (Wildman–Crippen LogP) is 2.38. The summed E-state index contributed by atoms with van der Waals surface area (Å²) in [5, 5.41) is 0. The van der Waals surface area contributed by atoms with Gasteiger partial charge in [0.15, 0.2) is 0 Å². The number of aliphatic imine (C=N–C) groups is 1. The van der Waals surface area contributed by atoms with Crippen molar-refractivity contribution >= 4 is 22.1 Å². The van der Waals surface area contributed by atoms with E-state index in [-0.39, 0.29) is 0 Å². The Bertz CT molecular complexity index is 291. The Labute approximate surface area is 67.9 Å². The average molecular weight is 196 g/mol. The molecule has 0 saturated heterocycles. The van der Waals surface area contributed by atoms with E-state index < -0.39 is 0 Å². The molecular formula is C8H6BrN. The van der Waals surface area contributed by atoms with Crippen LogP contribution in [0, 0.1) is 0 Å². The van der Waals surface area contributed by atoms with E-state index in [0.29, 0.717) is 0 Å². The van der Waals surface area contributed by atoms with Crippen LogP contribution in [-0.2, 0) is 6.54 Å². The van der Waals surface area contributed by atoms with Gasteiger partial charge in [0.05, 0.1) is 6.54 Å². The van der Waals surface area contributed by atoms with Crippen LogP contribution >= 0.6 is 15.9 Å². The molecule has 0 amide bonds. The number of halogens is 1. The summed E-state index contributed by atoms with van der Waals surface area (Å²) in [6.07, 6.45) is 1.92. The van der Waals surface area contributed by atoms with Crippen molar-refractivity contribution in [2.45, 2.75) is 6.54 Å². The highest BCUT2D eigenvalue weighted by Gasteiger charge is 2.04. The SMILES string of the molecule is Brc1ccc2c(c1)CN=C2. The maximum atomic E-state index is 4.15. The van der Waals surface area contributed by atoms with Crippen LogP contribution in [0.5, 0.6) is 0 Å². The second-order valence-corrected chi connectivity index (χ2v) is 3.23. The van der Waals surface area contributed by atoms with Crippen molar-refractivity contribution in [3.05, 3.63) is 33.8 Å². The molecule has 0 bridgehead atoms. The lowest BCUT2D eigenvalue weighted by atomic mass is 10.1. The fourth-order valence-corrected chi connectivity index (χ4v) is 1.49. The van der Waals surface area contributed by atoms with Crippen LogP contribution in [0.4, 0.5) is 0 Å². The van der Waals surface area contributed by atoms with E-state index in [1.54, 1.807) is 0 Å². The fraction of sp³-hybridized carbons (Fsp3) is 0.125. The second kappa shape index (κ2) is 2.20. The van der Waals surface area contributed by atoms with Gasteiger partial charge in [0.2, 0.25) is 0 Å². The molecule has 0 fully saturated rings. The molecule has 2 heteroatoms. The summed E-state index contributed by atoms with van der Waals surface area (Å²) >= 11 is 3.41. The van der Waals surface area contributed by atoms with E-state index in [1.165, 1.54) is 11.1 Å². The zero-order valence-electron chi connectivity index (χ0n) is 5.34. The smallest absolute Gasteiger partial charge is 0.0646 e. The third-order valence-electron chi connectivity index (χ3n) is 1.60. The van der Waals surface area contributed by atoms with Crippen molar-refractivity contribution in [1.29, 1.82) is 0 Å². The Balaban J connectivity index is 2.59. The normalized spacial score (nSPS) is 13.7. The first-order chi connectivity index (χ1) is 4.86. The van der Waals surface area contributed by atoms with Gasteiger partial charge in [-0.15, -0.1) is 0 Å². The van der Waals surface area contributed by atoms with Gasteiger partial charge in [-0.25, -0.2) is 0 Å². The Morgan fingerprint density at radius 2 is 2.30 bits per heavy atom. The molecule has 1 aromatic carbocycles. The summed E-state index contributed by atoms with van der Waals surface area (Å²) in [5.41, 5.74) is 2.57. The third kappa shape index (κ3) is 0.886. The molecule has 1 aromatic rings. The zero-order valence-corrected chi connectivity index (χ0v) is 6.93. The quantitative estimate of drug-likeness (QED) is 0.604. The zero-order chi connectivity index (χ0) is 6.97. The van der Waals surface area contributed by atoms with E-state index in [4.69, 9.17) is 0 Å². The predicted molar refractivity (Wildman–Crippen MR) is 45.4 cm³/mol. The molecule has 2 rings (SSSR count). The minimum atomic E-state index is 0.842. The van der Waals surface area contributed by atoms with Crippen molar-refractivity contribution in [1.82, 2.24) is 0 Å². The van der Waals surface area contributed by atoms with Crippen LogP contribution in [0.15, 0.2) is 27.7 Å². The highest BCUT2D eigenvalue weighted by atomic mass is 79.9. The molecule has 0 aromatic heterocycles. The summed E-state index contributed by atoms with van der Waals surface area (Å²) in [4.78, 5) is 4.15. The monoisotopic (exact) mass is 195 g/mol. The Kier molecular flexibility index (Phi) is 1.34. The van der Waals surface area contributed by atoms with Gasteiger partial charge in [-0.05, 0) is 23.3 Å². The minimum Gasteiger partial charge on any atom is -0.288 e. The van der Waals surface area contributed by atoms with Gasteiger partial charge in [-0.1, -0.05) is 22.0 Å². The Morgan fingerprint density at radius 3 is 3.20 bits per heavy atom. The molecule has 1 aliphatic heterocycles. The topological polar surface area (TPSA) is 12.4 Å². The maximum Gasteiger partial charge on any atom is 0.0646 e. The van der Waals surface area contributed by atoms with E-state index in [9.17, 15) is 0 Å². The van der Waals surface area contributed by atoms with Crippen molar-refractivity contribution in [2.75, 3.05) is 0 Å². The molecule has 0 unspecified atom stereocenters. The number of benzene rings is 1. The van der Waals surface area contributed by atoms with Gasteiger partial charge in [0.25, 0.3) is 0 Å². The third-order valence-corrected chi connectivity index (χ3v) is 2.09. The van der Waals surface area contributed by atoms with Gasteiger partial charge in [-0.2, -0.15) is 0 Å². The second-order valence-electron chi connectivity index (χ2n) is 2.31. The fourth-order valence-electron chi connectivity index (χ4n) is 1.08. The van der Waals surface area contributed by atoms with Gasteiger partial charge in [-0.3, -0.25) is 4.99 Å². The van der Waals surface area contributed by atoms with Crippen LogP contribution in [0.2, 0.25) is 0 Å². The molecule has 0 aliphatic carbocycles. The molecule has 1 heterocycles. The lowest BCUT2D eigenvalue weighted by Crippen LogP contribution is -1.81. The molecule has 50 valence electrons. The van der Waals surface area contributed by atoms with Crippen LogP contribution in [0.1, 0.15) is 11.1 Å². The van der Waals surface area contributed by atoms with E-state index in [1.807, 2.05) is 12.3 Å². The average Bonchev–Trinajstić information content (AvgIpc) is 2.33. The van der Waals surface area contributed by atoms with Gasteiger partial charge in [0, 0.05) is 10.7 Å². The molecule has 1 nitrogen and oxygen atoms in total. The molecule has 0 radical (unpaired) electrons. The summed E-state index contributed by atoms with van der Waals surface area (Å²) in [6.45, 7) is 0.842. The van der Waals surface area contributed by atoms with E-state index >= 15 is 0 Å². The van der Waals surface area contributed by atoms with Crippen LogP contribution in [-0.4, -0.2) is 6.21 Å². The maximum absolute atomic E-state index is 4.15. The number of rotatable bonds is 0. The standard InChI is InChI=1S/C8H6BrN/c9-8-2-1-6-4-10-5-7(6)3-8/h1-4H,5H2. The van der Waals surface area contributed by atoms with Gasteiger partial charge >= 0.3 is 0 Å². The minimum absolute atomic E-state index is 0.842. The number of hydrogen-bond acceptors (Lipinski definition) is 1. The Hall–Kier alpha value is -0.630. The number of hydrogen-bond donors (Lipinski definition) is 0.